The summed E-state index contributed by atoms with van der Waals surface area (Å²) >= 11 is 7.93. The molecule has 0 radical (unpaired) electrons. The normalized spacial score (nSPS) is 21.4. The number of rotatable bonds is 1. The third-order valence-electron chi connectivity index (χ3n) is 2.92. The van der Waals surface area contributed by atoms with E-state index in [1.807, 2.05) is 30.1 Å². The minimum absolute atomic E-state index is 0.537. The summed E-state index contributed by atoms with van der Waals surface area (Å²) in [4.78, 5) is 0. The highest BCUT2D eigenvalue weighted by Gasteiger charge is 2.20. The van der Waals surface area contributed by atoms with Crippen molar-refractivity contribution in [1.82, 2.24) is 14.6 Å². The molecule has 1 aliphatic heterocycles. The standard InChI is InChI=1S/C11H12ClN3S/c12-9-3-4-15-10(6-9)13-14-11(15)8-2-1-5-16-7-8/h3-4,6,8H,1-2,5,7H2. The van der Waals surface area contributed by atoms with E-state index in [1.54, 1.807) is 0 Å². The van der Waals surface area contributed by atoms with Crippen LogP contribution in [0.25, 0.3) is 5.65 Å². The van der Waals surface area contributed by atoms with E-state index in [4.69, 9.17) is 11.6 Å². The number of thioether (sulfide) groups is 1. The Hall–Kier alpha value is -0.740. The summed E-state index contributed by atoms with van der Waals surface area (Å²) in [6, 6.07) is 3.74. The molecule has 0 amide bonds. The second-order valence-corrected chi connectivity index (χ2v) is 5.63. The molecule has 0 bridgehead atoms. The van der Waals surface area contributed by atoms with Crippen molar-refractivity contribution in [3.8, 4) is 0 Å². The highest BCUT2D eigenvalue weighted by molar-refractivity contribution is 7.99. The Morgan fingerprint density at radius 1 is 1.44 bits per heavy atom. The van der Waals surface area contributed by atoms with E-state index in [0.717, 1.165) is 17.2 Å². The second-order valence-electron chi connectivity index (χ2n) is 4.05. The van der Waals surface area contributed by atoms with Gasteiger partial charge in [0.25, 0.3) is 0 Å². The second kappa shape index (κ2) is 4.26. The van der Waals surface area contributed by atoms with E-state index in [2.05, 4.69) is 14.6 Å². The number of aromatic nitrogens is 3. The first-order valence-corrected chi connectivity index (χ1v) is 6.96. The van der Waals surface area contributed by atoms with Crippen LogP contribution in [0, 0.1) is 0 Å². The highest BCUT2D eigenvalue weighted by Crippen LogP contribution is 2.30. The van der Waals surface area contributed by atoms with Gasteiger partial charge in [0.2, 0.25) is 0 Å². The summed E-state index contributed by atoms with van der Waals surface area (Å²) < 4.78 is 2.06. The van der Waals surface area contributed by atoms with Gasteiger partial charge in [-0.3, -0.25) is 4.40 Å². The minimum Gasteiger partial charge on any atom is -0.286 e. The number of hydrogen-bond donors (Lipinski definition) is 0. The lowest BCUT2D eigenvalue weighted by molar-refractivity contribution is 0.617. The third-order valence-corrected chi connectivity index (χ3v) is 4.37. The molecule has 0 N–H and O–H groups in total. The molecule has 2 aromatic rings. The first-order valence-electron chi connectivity index (χ1n) is 5.42. The number of pyridine rings is 1. The first-order chi connectivity index (χ1) is 7.84. The van der Waals surface area contributed by atoms with Gasteiger partial charge in [-0.25, -0.2) is 0 Å². The maximum Gasteiger partial charge on any atom is 0.162 e. The number of nitrogens with zero attached hydrogens (tertiary/aromatic N) is 3. The topological polar surface area (TPSA) is 30.2 Å². The van der Waals surface area contributed by atoms with E-state index in [-0.39, 0.29) is 0 Å². The average Bonchev–Trinajstić information content (AvgIpc) is 2.73. The van der Waals surface area contributed by atoms with Gasteiger partial charge >= 0.3 is 0 Å². The van der Waals surface area contributed by atoms with Crippen LogP contribution in [-0.4, -0.2) is 26.1 Å². The van der Waals surface area contributed by atoms with Crippen LogP contribution in [0.1, 0.15) is 24.6 Å². The van der Waals surface area contributed by atoms with E-state index >= 15 is 0 Å². The number of halogens is 1. The van der Waals surface area contributed by atoms with Crippen molar-refractivity contribution in [2.45, 2.75) is 18.8 Å². The van der Waals surface area contributed by atoms with Crippen LogP contribution in [0.2, 0.25) is 5.02 Å². The average molecular weight is 254 g/mol. The van der Waals surface area contributed by atoms with Gasteiger partial charge in [0.1, 0.15) is 5.82 Å². The highest BCUT2D eigenvalue weighted by atomic mass is 35.5. The molecule has 3 nitrogen and oxygen atoms in total. The Morgan fingerprint density at radius 2 is 2.38 bits per heavy atom. The molecule has 0 aromatic carbocycles. The van der Waals surface area contributed by atoms with Crippen molar-refractivity contribution in [3.05, 3.63) is 29.2 Å². The summed E-state index contributed by atoms with van der Waals surface area (Å²) in [6.45, 7) is 0. The van der Waals surface area contributed by atoms with Crippen molar-refractivity contribution in [2.24, 2.45) is 0 Å². The molecule has 2 aromatic heterocycles. The fourth-order valence-electron chi connectivity index (χ4n) is 2.11. The Bertz CT molecular complexity index is 505. The molecule has 1 atom stereocenters. The van der Waals surface area contributed by atoms with Crippen molar-refractivity contribution in [2.75, 3.05) is 11.5 Å². The summed E-state index contributed by atoms with van der Waals surface area (Å²) in [5, 5.41) is 9.19. The van der Waals surface area contributed by atoms with Gasteiger partial charge in [-0.1, -0.05) is 11.6 Å². The lowest BCUT2D eigenvalue weighted by Gasteiger charge is -2.19. The SMILES string of the molecule is Clc1ccn2c(C3CCCSC3)nnc2c1. The smallest absolute Gasteiger partial charge is 0.162 e. The fraction of sp³-hybridized carbons (Fsp3) is 0.455. The van der Waals surface area contributed by atoms with Gasteiger partial charge in [-0.2, -0.15) is 11.8 Å². The zero-order valence-corrected chi connectivity index (χ0v) is 10.3. The number of hydrogen-bond acceptors (Lipinski definition) is 3. The van der Waals surface area contributed by atoms with E-state index in [1.165, 1.54) is 18.6 Å². The van der Waals surface area contributed by atoms with Crippen molar-refractivity contribution < 1.29 is 0 Å². The van der Waals surface area contributed by atoms with Crippen LogP contribution < -0.4 is 0 Å². The van der Waals surface area contributed by atoms with E-state index in [0.29, 0.717) is 10.9 Å². The molecule has 1 unspecified atom stereocenters. The van der Waals surface area contributed by atoms with Crippen molar-refractivity contribution in [3.63, 3.8) is 0 Å². The van der Waals surface area contributed by atoms with Gasteiger partial charge in [-0.05, 0) is 24.7 Å². The van der Waals surface area contributed by atoms with Crippen LogP contribution in [0.15, 0.2) is 18.3 Å². The zero-order valence-electron chi connectivity index (χ0n) is 8.77. The predicted octanol–water partition coefficient (Wildman–Crippen LogP) is 2.99. The number of fused-ring (bicyclic) bond motifs is 1. The van der Waals surface area contributed by atoms with Gasteiger partial charge in [0.15, 0.2) is 5.65 Å². The van der Waals surface area contributed by atoms with Crippen LogP contribution in [0.4, 0.5) is 0 Å². The van der Waals surface area contributed by atoms with E-state index in [9.17, 15) is 0 Å². The van der Waals surface area contributed by atoms with Gasteiger partial charge < -0.3 is 0 Å². The Labute approximate surface area is 103 Å². The molecule has 1 fully saturated rings. The van der Waals surface area contributed by atoms with Gasteiger partial charge in [0.05, 0.1) is 0 Å². The lowest BCUT2D eigenvalue weighted by Crippen LogP contribution is -2.12. The Morgan fingerprint density at radius 3 is 3.19 bits per heavy atom. The predicted molar refractivity (Wildman–Crippen MR) is 67.3 cm³/mol. The maximum atomic E-state index is 5.93. The van der Waals surface area contributed by atoms with Gasteiger partial charge in [0, 0.05) is 29.0 Å². The summed E-state index contributed by atoms with van der Waals surface area (Å²) in [5.74, 6) is 4.05. The molecule has 16 heavy (non-hydrogen) atoms. The van der Waals surface area contributed by atoms with Crippen LogP contribution in [-0.2, 0) is 0 Å². The largest absolute Gasteiger partial charge is 0.286 e. The Balaban J connectivity index is 2.03. The molecule has 0 spiro atoms. The molecule has 1 aliphatic rings. The third kappa shape index (κ3) is 1.80. The minimum atomic E-state index is 0.537. The Kier molecular flexibility index (Phi) is 2.77. The molecular formula is C11H12ClN3S. The lowest BCUT2D eigenvalue weighted by atomic mass is 10.1. The van der Waals surface area contributed by atoms with E-state index < -0.39 is 0 Å². The monoisotopic (exact) mass is 253 g/mol. The molecule has 3 heterocycles. The summed E-state index contributed by atoms with van der Waals surface area (Å²) in [5.41, 5.74) is 0.845. The molecular weight excluding hydrogens is 242 g/mol. The molecule has 84 valence electrons. The first kappa shape index (κ1) is 10.4. The molecule has 5 heteroatoms. The maximum absolute atomic E-state index is 5.93. The van der Waals surface area contributed by atoms with Gasteiger partial charge in [-0.15, -0.1) is 10.2 Å². The molecule has 1 saturated heterocycles. The molecule has 0 saturated carbocycles. The quantitative estimate of drug-likeness (QED) is 0.783. The molecule has 3 rings (SSSR count). The van der Waals surface area contributed by atoms with Crippen molar-refractivity contribution >= 4 is 29.0 Å². The summed E-state index contributed by atoms with van der Waals surface area (Å²) in [6.07, 6.45) is 4.46. The van der Waals surface area contributed by atoms with Crippen LogP contribution in [0.5, 0.6) is 0 Å². The van der Waals surface area contributed by atoms with Crippen LogP contribution in [0.3, 0.4) is 0 Å². The van der Waals surface area contributed by atoms with Crippen molar-refractivity contribution in [1.29, 1.82) is 0 Å². The molecule has 0 aliphatic carbocycles. The van der Waals surface area contributed by atoms with Crippen LogP contribution >= 0.6 is 23.4 Å². The zero-order chi connectivity index (χ0) is 11.0. The fourth-order valence-corrected chi connectivity index (χ4v) is 3.40. The summed E-state index contributed by atoms with van der Waals surface area (Å²) in [7, 11) is 0.